The molecule has 1 amide bonds. The number of amides is 1. The number of furan rings is 1. The number of hydrogen-bond acceptors (Lipinski definition) is 6. The number of carbonyl (C=O) groups is 1. The first kappa shape index (κ1) is 24.7. The second kappa shape index (κ2) is 11.4. The third-order valence-corrected chi connectivity index (χ3v) is 8.29. The van der Waals surface area contributed by atoms with Crippen LogP contribution in [0.1, 0.15) is 73.9 Å². The van der Waals surface area contributed by atoms with E-state index in [0.717, 1.165) is 51.1 Å². The van der Waals surface area contributed by atoms with Crippen molar-refractivity contribution in [3.05, 3.63) is 60.3 Å². The van der Waals surface area contributed by atoms with Gasteiger partial charge in [-0.3, -0.25) is 4.79 Å². The molecule has 0 atom stereocenters. The minimum atomic E-state index is -0.0508. The number of rotatable bonds is 9. The number of nitrogens with zero attached hydrogens (tertiary/aromatic N) is 6. The maximum absolute atomic E-state index is 13.4. The van der Waals surface area contributed by atoms with Crippen LogP contribution in [-0.4, -0.2) is 56.7 Å². The van der Waals surface area contributed by atoms with Crippen molar-refractivity contribution in [2.24, 2.45) is 5.41 Å². The maximum atomic E-state index is 13.4. The van der Waals surface area contributed by atoms with Crippen molar-refractivity contribution >= 4 is 11.6 Å². The first-order chi connectivity index (χ1) is 17.6. The molecule has 1 saturated carbocycles. The molecule has 3 aromatic rings. The molecule has 8 heteroatoms. The van der Waals surface area contributed by atoms with E-state index in [-0.39, 0.29) is 11.9 Å². The molecule has 2 fully saturated rings. The normalized spacial score (nSPS) is 18.8. The van der Waals surface area contributed by atoms with Gasteiger partial charge >= 0.3 is 0 Å². The molecule has 3 heterocycles. The molecule has 0 N–H and O–H groups in total. The van der Waals surface area contributed by atoms with E-state index in [1.54, 1.807) is 23.2 Å². The average Bonchev–Trinajstić information content (AvgIpc) is 3.64. The topological polar surface area (TPSA) is 80.3 Å². The van der Waals surface area contributed by atoms with Crippen molar-refractivity contribution in [3.63, 3.8) is 0 Å². The van der Waals surface area contributed by atoms with E-state index < -0.39 is 0 Å². The Morgan fingerprint density at radius 2 is 1.81 bits per heavy atom. The van der Waals surface area contributed by atoms with Crippen molar-refractivity contribution < 1.29 is 9.21 Å². The summed E-state index contributed by atoms with van der Waals surface area (Å²) in [5, 5.41) is 12.2. The number of aromatic nitrogens is 4. The van der Waals surface area contributed by atoms with Gasteiger partial charge in [-0.05, 0) is 86.9 Å². The Bertz CT molecular complexity index is 1070. The fraction of sp³-hybridized carbons (Fsp3) is 0.571. The monoisotopic (exact) mass is 490 g/mol. The van der Waals surface area contributed by atoms with Gasteiger partial charge in [-0.2, -0.15) is 4.80 Å². The van der Waals surface area contributed by atoms with Crippen molar-refractivity contribution in [1.29, 1.82) is 0 Å². The molecule has 1 aliphatic heterocycles. The van der Waals surface area contributed by atoms with E-state index in [1.165, 1.54) is 50.4 Å². The third kappa shape index (κ3) is 5.86. The lowest BCUT2D eigenvalue weighted by atomic mass is 9.69. The van der Waals surface area contributed by atoms with Crippen LogP contribution < -0.4 is 4.90 Å². The summed E-state index contributed by atoms with van der Waals surface area (Å²) >= 11 is 0. The van der Waals surface area contributed by atoms with Crippen LogP contribution in [0.3, 0.4) is 0 Å². The molecule has 0 radical (unpaired) electrons. The molecule has 36 heavy (non-hydrogen) atoms. The quantitative estimate of drug-likeness (QED) is 0.414. The Morgan fingerprint density at radius 3 is 2.47 bits per heavy atom. The predicted octanol–water partition coefficient (Wildman–Crippen LogP) is 5.12. The highest BCUT2D eigenvalue weighted by molar-refractivity contribution is 6.04. The number of tetrazole rings is 1. The van der Waals surface area contributed by atoms with Gasteiger partial charge in [-0.1, -0.05) is 37.0 Å². The van der Waals surface area contributed by atoms with Gasteiger partial charge in [0.1, 0.15) is 0 Å². The highest BCUT2D eigenvalue weighted by Crippen LogP contribution is 2.43. The number of likely N-dealkylation sites (tertiary alicyclic amines) is 1. The fourth-order valence-corrected chi connectivity index (χ4v) is 6.07. The van der Waals surface area contributed by atoms with Crippen LogP contribution in [0.2, 0.25) is 0 Å². The molecule has 0 spiro atoms. The molecule has 8 nitrogen and oxygen atoms in total. The number of carbonyl (C=O) groups excluding carboxylic acids is 1. The zero-order valence-corrected chi connectivity index (χ0v) is 21.4. The molecular weight excluding hydrogens is 452 g/mol. The summed E-state index contributed by atoms with van der Waals surface area (Å²) in [6, 6.07) is 12.0. The SMILES string of the molecule is Cc1ccc(N(C(=O)c2ccco2)C2CCN(CCC3(CCn4ncnn4)CCCCC3)CC2)cc1. The van der Waals surface area contributed by atoms with E-state index >= 15 is 0 Å². The average molecular weight is 491 g/mol. The van der Waals surface area contributed by atoms with Crippen LogP contribution in [0.5, 0.6) is 0 Å². The highest BCUT2D eigenvalue weighted by atomic mass is 16.3. The fourth-order valence-electron chi connectivity index (χ4n) is 6.07. The Kier molecular flexibility index (Phi) is 7.80. The van der Waals surface area contributed by atoms with Gasteiger partial charge in [0.25, 0.3) is 5.91 Å². The third-order valence-electron chi connectivity index (χ3n) is 8.29. The van der Waals surface area contributed by atoms with E-state index in [4.69, 9.17) is 4.42 Å². The largest absolute Gasteiger partial charge is 0.459 e. The van der Waals surface area contributed by atoms with Gasteiger partial charge in [0, 0.05) is 24.8 Å². The van der Waals surface area contributed by atoms with Crippen molar-refractivity contribution in [3.8, 4) is 0 Å². The van der Waals surface area contributed by atoms with Crippen LogP contribution in [0, 0.1) is 12.3 Å². The van der Waals surface area contributed by atoms with E-state index in [0.29, 0.717) is 11.2 Å². The zero-order valence-electron chi connectivity index (χ0n) is 21.4. The summed E-state index contributed by atoms with van der Waals surface area (Å²) in [5.74, 6) is 0.351. The molecule has 2 aliphatic rings. The van der Waals surface area contributed by atoms with Gasteiger partial charge < -0.3 is 14.2 Å². The van der Waals surface area contributed by atoms with Gasteiger partial charge in [0.15, 0.2) is 12.1 Å². The summed E-state index contributed by atoms with van der Waals surface area (Å²) < 4.78 is 5.48. The Morgan fingerprint density at radius 1 is 1.06 bits per heavy atom. The summed E-state index contributed by atoms with van der Waals surface area (Å²) in [4.78, 5) is 19.7. The number of benzene rings is 1. The molecule has 192 valence electrons. The molecule has 5 rings (SSSR count). The lowest BCUT2D eigenvalue weighted by Crippen LogP contribution is -2.48. The Balaban J connectivity index is 1.20. The van der Waals surface area contributed by atoms with E-state index in [1.807, 2.05) is 4.90 Å². The summed E-state index contributed by atoms with van der Waals surface area (Å²) in [6.45, 7) is 6.07. The Hall–Kier alpha value is -3.00. The van der Waals surface area contributed by atoms with Gasteiger partial charge in [-0.25, -0.2) is 0 Å². The number of hydrogen-bond donors (Lipinski definition) is 0. The van der Waals surface area contributed by atoms with Crippen LogP contribution in [-0.2, 0) is 6.54 Å². The Labute approximate surface area is 213 Å². The molecule has 0 bridgehead atoms. The molecule has 1 saturated heterocycles. The zero-order chi connectivity index (χ0) is 24.8. The van der Waals surface area contributed by atoms with Gasteiger partial charge in [0.05, 0.1) is 12.8 Å². The lowest BCUT2D eigenvalue weighted by Gasteiger charge is -2.42. The van der Waals surface area contributed by atoms with Crippen molar-refractivity contribution in [1.82, 2.24) is 25.1 Å². The van der Waals surface area contributed by atoms with Crippen LogP contribution in [0.15, 0.2) is 53.4 Å². The molecular formula is C28H38N6O2. The van der Waals surface area contributed by atoms with Crippen LogP contribution in [0.25, 0.3) is 0 Å². The maximum Gasteiger partial charge on any atom is 0.294 e. The van der Waals surface area contributed by atoms with Crippen LogP contribution in [0.4, 0.5) is 5.69 Å². The summed E-state index contributed by atoms with van der Waals surface area (Å²) in [6.07, 6.45) is 14.0. The molecule has 1 aliphatic carbocycles. The van der Waals surface area contributed by atoms with E-state index in [2.05, 4.69) is 51.5 Å². The van der Waals surface area contributed by atoms with Gasteiger partial charge in [-0.15, -0.1) is 10.2 Å². The second-order valence-electron chi connectivity index (χ2n) is 10.7. The van der Waals surface area contributed by atoms with Crippen LogP contribution >= 0.6 is 0 Å². The number of piperidine rings is 1. The standard InChI is InChI=1S/C28H38N6O2/c1-23-7-9-24(10-8-23)34(27(35)26-6-5-21-36-26)25-11-17-32(18-12-25)19-15-28(13-3-2-4-14-28)16-20-33-30-22-29-31-33/h5-10,21-22,25H,2-4,11-20H2,1H3. The molecule has 2 aromatic heterocycles. The molecule has 0 unspecified atom stereocenters. The lowest BCUT2D eigenvalue weighted by molar-refractivity contribution is 0.0912. The minimum Gasteiger partial charge on any atom is -0.459 e. The smallest absolute Gasteiger partial charge is 0.294 e. The van der Waals surface area contributed by atoms with Crippen molar-refractivity contribution in [2.75, 3.05) is 24.5 Å². The second-order valence-corrected chi connectivity index (χ2v) is 10.7. The first-order valence-corrected chi connectivity index (χ1v) is 13.5. The van der Waals surface area contributed by atoms with Gasteiger partial charge in [0.2, 0.25) is 0 Å². The summed E-state index contributed by atoms with van der Waals surface area (Å²) in [5.41, 5.74) is 2.52. The van der Waals surface area contributed by atoms with Crippen molar-refractivity contribution in [2.45, 2.75) is 77.3 Å². The van der Waals surface area contributed by atoms with E-state index in [9.17, 15) is 4.79 Å². The first-order valence-electron chi connectivity index (χ1n) is 13.5. The molecule has 1 aromatic carbocycles. The minimum absolute atomic E-state index is 0.0508. The predicted molar refractivity (Wildman–Crippen MR) is 139 cm³/mol. The number of anilines is 1. The number of aryl methyl sites for hydroxylation is 2. The highest BCUT2D eigenvalue weighted by Gasteiger charge is 2.34. The summed E-state index contributed by atoms with van der Waals surface area (Å²) in [7, 11) is 0.